The Labute approximate surface area is 178 Å². The van der Waals surface area contributed by atoms with Gasteiger partial charge in [0.1, 0.15) is 11.6 Å². The van der Waals surface area contributed by atoms with Crippen molar-refractivity contribution in [3.05, 3.63) is 81.6 Å². The molecule has 2 aromatic carbocycles. The third-order valence-electron chi connectivity index (χ3n) is 4.41. The molecule has 8 heteroatoms. The van der Waals surface area contributed by atoms with Crippen molar-refractivity contribution in [3.63, 3.8) is 0 Å². The summed E-state index contributed by atoms with van der Waals surface area (Å²) in [7, 11) is 0. The standard InChI is InChI=1S/C22H24F2N4OS/c1-2-25-21(29)26-12-3-13-28-20(14-16-4-6-17(23)7-5-16)15-30-22(28)27-19-10-8-18(24)9-11-19/h4-11,15H,2-3,12-14H2,1H3,(H2,25,26,29). The molecule has 1 heterocycles. The average Bonchev–Trinajstić information content (AvgIpc) is 3.10. The molecule has 1 aromatic heterocycles. The number of hydrogen-bond acceptors (Lipinski definition) is 3. The first-order valence-electron chi connectivity index (χ1n) is 9.79. The molecule has 0 aliphatic heterocycles. The van der Waals surface area contributed by atoms with Crippen molar-refractivity contribution >= 4 is 23.1 Å². The van der Waals surface area contributed by atoms with Crippen LogP contribution >= 0.6 is 11.3 Å². The molecule has 0 aliphatic rings. The van der Waals surface area contributed by atoms with Gasteiger partial charge in [0, 0.05) is 37.1 Å². The predicted octanol–water partition coefficient (Wildman–Crippen LogP) is 4.36. The van der Waals surface area contributed by atoms with E-state index in [1.807, 2.05) is 12.3 Å². The van der Waals surface area contributed by atoms with Gasteiger partial charge >= 0.3 is 6.03 Å². The van der Waals surface area contributed by atoms with E-state index in [9.17, 15) is 13.6 Å². The lowest BCUT2D eigenvalue weighted by Gasteiger charge is -2.10. The average molecular weight is 431 g/mol. The Bertz CT molecular complexity index is 1030. The first kappa shape index (κ1) is 21.7. The highest BCUT2D eigenvalue weighted by molar-refractivity contribution is 7.07. The zero-order valence-corrected chi connectivity index (χ0v) is 17.5. The van der Waals surface area contributed by atoms with Gasteiger partial charge in [0.25, 0.3) is 0 Å². The summed E-state index contributed by atoms with van der Waals surface area (Å²) in [5.41, 5.74) is 2.71. The molecule has 0 atom stereocenters. The molecule has 0 aliphatic carbocycles. The topological polar surface area (TPSA) is 58.4 Å². The van der Waals surface area contributed by atoms with Crippen LogP contribution in [0.2, 0.25) is 0 Å². The minimum atomic E-state index is -0.304. The Balaban J connectivity index is 1.81. The second-order valence-corrected chi connectivity index (χ2v) is 7.53. The van der Waals surface area contributed by atoms with E-state index < -0.39 is 0 Å². The van der Waals surface area contributed by atoms with Crippen molar-refractivity contribution in [3.8, 4) is 0 Å². The fourth-order valence-electron chi connectivity index (χ4n) is 2.93. The minimum absolute atomic E-state index is 0.185. The molecule has 5 nitrogen and oxygen atoms in total. The van der Waals surface area contributed by atoms with Gasteiger partial charge in [0.05, 0.1) is 5.69 Å². The Morgan fingerprint density at radius 3 is 2.37 bits per heavy atom. The SMILES string of the molecule is CCNC(=O)NCCCn1c(Cc2ccc(F)cc2)csc1=Nc1ccc(F)cc1. The molecule has 0 spiro atoms. The van der Waals surface area contributed by atoms with E-state index in [1.165, 1.54) is 35.6 Å². The van der Waals surface area contributed by atoms with Crippen molar-refractivity contribution in [2.75, 3.05) is 13.1 Å². The monoisotopic (exact) mass is 430 g/mol. The number of carbonyl (C=O) groups is 1. The van der Waals surface area contributed by atoms with E-state index in [0.29, 0.717) is 31.7 Å². The lowest BCUT2D eigenvalue weighted by Crippen LogP contribution is -2.36. The number of amides is 2. The summed E-state index contributed by atoms with van der Waals surface area (Å²) >= 11 is 1.50. The highest BCUT2D eigenvalue weighted by Crippen LogP contribution is 2.15. The molecular formula is C22H24F2N4OS. The fourth-order valence-corrected chi connectivity index (χ4v) is 3.88. The maximum Gasteiger partial charge on any atom is 0.314 e. The Hall–Kier alpha value is -3.00. The zero-order chi connectivity index (χ0) is 21.3. The van der Waals surface area contributed by atoms with Crippen LogP contribution in [-0.4, -0.2) is 23.7 Å². The molecule has 3 rings (SSSR count). The van der Waals surface area contributed by atoms with Crippen LogP contribution in [0, 0.1) is 11.6 Å². The summed E-state index contributed by atoms with van der Waals surface area (Å²) in [6.07, 6.45) is 1.36. The maximum absolute atomic E-state index is 13.2. The summed E-state index contributed by atoms with van der Waals surface area (Å²) in [5, 5.41) is 7.56. The second-order valence-electron chi connectivity index (χ2n) is 6.69. The molecule has 0 saturated carbocycles. The molecule has 0 bridgehead atoms. The zero-order valence-electron chi connectivity index (χ0n) is 16.7. The molecule has 30 heavy (non-hydrogen) atoms. The third kappa shape index (κ3) is 6.25. The van der Waals surface area contributed by atoms with Crippen LogP contribution in [0.15, 0.2) is 58.9 Å². The number of halogens is 2. The molecule has 0 fully saturated rings. The predicted molar refractivity (Wildman–Crippen MR) is 115 cm³/mol. The number of carbonyl (C=O) groups excluding carboxylic acids is 1. The van der Waals surface area contributed by atoms with Gasteiger partial charge in [-0.3, -0.25) is 0 Å². The molecule has 2 N–H and O–H groups in total. The molecule has 2 amide bonds. The van der Waals surface area contributed by atoms with Gasteiger partial charge in [0.15, 0.2) is 4.80 Å². The largest absolute Gasteiger partial charge is 0.338 e. The van der Waals surface area contributed by atoms with E-state index >= 15 is 0 Å². The van der Waals surface area contributed by atoms with Gasteiger partial charge < -0.3 is 15.2 Å². The van der Waals surface area contributed by atoms with Crippen LogP contribution in [0.25, 0.3) is 0 Å². The lowest BCUT2D eigenvalue weighted by atomic mass is 10.1. The lowest BCUT2D eigenvalue weighted by molar-refractivity contribution is 0.241. The number of urea groups is 1. The second kappa shape index (κ2) is 10.7. The first-order valence-corrected chi connectivity index (χ1v) is 10.7. The normalized spacial score (nSPS) is 11.5. The van der Waals surface area contributed by atoms with Crippen LogP contribution in [0.1, 0.15) is 24.6 Å². The highest BCUT2D eigenvalue weighted by atomic mass is 32.1. The Morgan fingerprint density at radius 1 is 1.03 bits per heavy atom. The minimum Gasteiger partial charge on any atom is -0.338 e. The summed E-state index contributed by atoms with van der Waals surface area (Å²) in [5.74, 6) is -0.568. The van der Waals surface area contributed by atoms with Gasteiger partial charge in [-0.1, -0.05) is 12.1 Å². The number of nitrogens with zero attached hydrogens (tertiary/aromatic N) is 2. The van der Waals surface area contributed by atoms with Gasteiger partial charge in [-0.25, -0.2) is 18.6 Å². The van der Waals surface area contributed by atoms with Crippen LogP contribution in [0.5, 0.6) is 0 Å². The van der Waals surface area contributed by atoms with Crippen LogP contribution < -0.4 is 15.4 Å². The fraction of sp³-hybridized carbons (Fsp3) is 0.273. The smallest absolute Gasteiger partial charge is 0.314 e. The van der Waals surface area contributed by atoms with Crippen molar-refractivity contribution in [1.29, 1.82) is 0 Å². The van der Waals surface area contributed by atoms with Crippen molar-refractivity contribution in [1.82, 2.24) is 15.2 Å². The number of nitrogens with one attached hydrogen (secondary N) is 2. The molecule has 158 valence electrons. The quantitative estimate of drug-likeness (QED) is 0.513. The Morgan fingerprint density at radius 2 is 1.70 bits per heavy atom. The number of benzene rings is 2. The summed E-state index contributed by atoms with van der Waals surface area (Å²) in [4.78, 5) is 17.0. The first-order chi connectivity index (χ1) is 14.5. The van der Waals surface area contributed by atoms with E-state index in [2.05, 4.69) is 20.2 Å². The molecule has 3 aromatic rings. The summed E-state index contributed by atoms with van der Waals surface area (Å²) in [6, 6.07) is 12.3. The number of rotatable bonds is 8. The van der Waals surface area contributed by atoms with Crippen molar-refractivity contribution < 1.29 is 13.6 Å². The van der Waals surface area contributed by atoms with Crippen molar-refractivity contribution in [2.24, 2.45) is 4.99 Å². The number of thiazole rings is 1. The van der Waals surface area contributed by atoms with Crippen molar-refractivity contribution in [2.45, 2.75) is 26.3 Å². The van der Waals surface area contributed by atoms with E-state index in [1.54, 1.807) is 24.3 Å². The van der Waals surface area contributed by atoms with Crippen LogP contribution in [0.3, 0.4) is 0 Å². The third-order valence-corrected chi connectivity index (χ3v) is 5.32. The molecular weight excluding hydrogens is 406 g/mol. The highest BCUT2D eigenvalue weighted by Gasteiger charge is 2.08. The van der Waals surface area contributed by atoms with E-state index in [4.69, 9.17) is 0 Å². The van der Waals surface area contributed by atoms with E-state index in [0.717, 1.165) is 22.5 Å². The van der Waals surface area contributed by atoms with Crippen LogP contribution in [0.4, 0.5) is 19.3 Å². The van der Waals surface area contributed by atoms with Gasteiger partial charge in [-0.15, -0.1) is 11.3 Å². The van der Waals surface area contributed by atoms with Gasteiger partial charge in [-0.2, -0.15) is 0 Å². The maximum atomic E-state index is 13.2. The summed E-state index contributed by atoms with van der Waals surface area (Å²) in [6.45, 7) is 3.63. The molecule has 0 radical (unpaired) electrons. The number of aromatic nitrogens is 1. The van der Waals surface area contributed by atoms with Gasteiger partial charge in [0.2, 0.25) is 0 Å². The molecule has 0 unspecified atom stereocenters. The summed E-state index contributed by atoms with van der Waals surface area (Å²) < 4.78 is 28.5. The molecule has 0 saturated heterocycles. The van der Waals surface area contributed by atoms with E-state index in [-0.39, 0.29) is 17.7 Å². The number of hydrogen-bond donors (Lipinski definition) is 2. The Kier molecular flexibility index (Phi) is 7.73. The van der Waals surface area contributed by atoms with Crippen LogP contribution in [-0.2, 0) is 13.0 Å². The van der Waals surface area contributed by atoms with Gasteiger partial charge in [-0.05, 0) is 55.3 Å².